The van der Waals surface area contributed by atoms with Crippen LogP contribution in [0.5, 0.6) is 0 Å². The summed E-state index contributed by atoms with van der Waals surface area (Å²) in [5.41, 5.74) is 6.02. The minimum Gasteiger partial charge on any atom is -0.463 e. The molecule has 1 aromatic heterocycles. The summed E-state index contributed by atoms with van der Waals surface area (Å²) in [4.78, 5) is 9.76. The Morgan fingerprint density at radius 3 is 2.41 bits per heavy atom. The van der Waals surface area contributed by atoms with E-state index >= 15 is 0 Å². The molecule has 5 heteroatoms. The van der Waals surface area contributed by atoms with Gasteiger partial charge in [-0.15, -0.1) is 0 Å². The van der Waals surface area contributed by atoms with E-state index in [4.69, 9.17) is 4.52 Å². The highest BCUT2D eigenvalue weighted by Gasteiger charge is 2.13. The SMILES string of the molecule is C=C(C)c1ccc(-c2onc(C)c2NC)cc1.O=COCc1ccccc1. The Bertz CT molecular complexity index is 868. The predicted octanol–water partition coefficient (Wildman–Crippen LogP) is 5.08. The molecule has 0 aliphatic heterocycles. The van der Waals surface area contributed by atoms with Crippen molar-refractivity contribution < 1.29 is 14.1 Å². The average molecular weight is 364 g/mol. The Kier molecular flexibility index (Phi) is 7.37. The van der Waals surface area contributed by atoms with Crippen molar-refractivity contribution in [3.05, 3.63) is 78.0 Å². The second-order valence-electron chi connectivity index (χ2n) is 5.97. The van der Waals surface area contributed by atoms with Crippen molar-refractivity contribution in [1.82, 2.24) is 5.16 Å². The lowest BCUT2D eigenvalue weighted by molar-refractivity contribution is -0.129. The Balaban J connectivity index is 0.000000223. The molecule has 0 bridgehead atoms. The van der Waals surface area contributed by atoms with Crippen LogP contribution < -0.4 is 5.32 Å². The van der Waals surface area contributed by atoms with Crippen molar-refractivity contribution in [1.29, 1.82) is 0 Å². The van der Waals surface area contributed by atoms with Crippen LogP contribution in [0.15, 0.2) is 65.7 Å². The third-order valence-electron chi connectivity index (χ3n) is 3.91. The summed E-state index contributed by atoms with van der Waals surface area (Å²) < 4.78 is 9.88. The number of aromatic nitrogens is 1. The molecule has 27 heavy (non-hydrogen) atoms. The first-order valence-electron chi connectivity index (χ1n) is 8.56. The molecule has 0 unspecified atom stereocenters. The van der Waals surface area contributed by atoms with Crippen molar-refractivity contribution in [2.45, 2.75) is 20.5 Å². The summed E-state index contributed by atoms with van der Waals surface area (Å²) in [7, 11) is 1.87. The van der Waals surface area contributed by atoms with Gasteiger partial charge in [0.1, 0.15) is 18.0 Å². The molecule has 0 atom stereocenters. The number of nitrogens with one attached hydrogen (secondary N) is 1. The number of nitrogens with zero attached hydrogens (tertiary/aromatic N) is 1. The van der Waals surface area contributed by atoms with E-state index in [1.807, 2.05) is 75.5 Å². The van der Waals surface area contributed by atoms with Crippen LogP contribution in [0.2, 0.25) is 0 Å². The number of benzene rings is 2. The predicted molar refractivity (Wildman–Crippen MR) is 108 cm³/mol. The average Bonchev–Trinajstić information content (AvgIpc) is 3.08. The van der Waals surface area contributed by atoms with E-state index in [1.165, 1.54) is 0 Å². The first-order valence-corrected chi connectivity index (χ1v) is 8.56. The molecular weight excluding hydrogens is 340 g/mol. The molecule has 0 aliphatic carbocycles. The quantitative estimate of drug-likeness (QED) is 0.618. The van der Waals surface area contributed by atoms with E-state index in [0.29, 0.717) is 13.1 Å². The fourth-order valence-corrected chi connectivity index (χ4v) is 2.47. The smallest absolute Gasteiger partial charge is 0.293 e. The van der Waals surface area contributed by atoms with Gasteiger partial charge in [0.05, 0.1) is 0 Å². The second-order valence-corrected chi connectivity index (χ2v) is 5.97. The number of hydrogen-bond donors (Lipinski definition) is 1. The van der Waals surface area contributed by atoms with Gasteiger partial charge in [0.15, 0.2) is 5.76 Å². The van der Waals surface area contributed by atoms with E-state index in [-0.39, 0.29) is 0 Å². The van der Waals surface area contributed by atoms with Crippen LogP contribution in [0.3, 0.4) is 0 Å². The minimum atomic E-state index is 0.365. The van der Waals surface area contributed by atoms with E-state index in [0.717, 1.165) is 39.4 Å². The maximum atomic E-state index is 9.76. The van der Waals surface area contributed by atoms with E-state index < -0.39 is 0 Å². The number of allylic oxidation sites excluding steroid dienone is 1. The molecule has 1 N–H and O–H groups in total. The molecule has 0 fully saturated rings. The Hall–Kier alpha value is -3.34. The fourth-order valence-electron chi connectivity index (χ4n) is 2.47. The highest BCUT2D eigenvalue weighted by Crippen LogP contribution is 2.31. The largest absolute Gasteiger partial charge is 0.463 e. The third-order valence-corrected chi connectivity index (χ3v) is 3.91. The van der Waals surface area contributed by atoms with E-state index in [1.54, 1.807) is 0 Å². The summed E-state index contributed by atoms with van der Waals surface area (Å²) in [6, 6.07) is 17.7. The van der Waals surface area contributed by atoms with Gasteiger partial charge in [-0.2, -0.15) is 0 Å². The van der Waals surface area contributed by atoms with Crippen molar-refractivity contribution >= 4 is 17.7 Å². The summed E-state index contributed by atoms with van der Waals surface area (Å²) >= 11 is 0. The number of aryl methyl sites for hydroxylation is 1. The molecule has 0 saturated carbocycles. The van der Waals surface area contributed by atoms with Crippen LogP contribution in [0, 0.1) is 6.92 Å². The summed E-state index contributed by atoms with van der Waals surface area (Å²) in [6.07, 6.45) is 0. The zero-order valence-corrected chi connectivity index (χ0v) is 15.9. The maximum absolute atomic E-state index is 9.76. The molecule has 5 nitrogen and oxygen atoms in total. The molecule has 0 amide bonds. The van der Waals surface area contributed by atoms with Gasteiger partial charge in [-0.1, -0.05) is 71.9 Å². The lowest BCUT2D eigenvalue weighted by Gasteiger charge is -2.03. The van der Waals surface area contributed by atoms with Gasteiger partial charge in [-0.05, 0) is 25.0 Å². The molecule has 1 heterocycles. The molecule has 0 aliphatic rings. The molecule has 2 aromatic carbocycles. The van der Waals surface area contributed by atoms with Gasteiger partial charge in [0.2, 0.25) is 0 Å². The van der Waals surface area contributed by atoms with Crippen molar-refractivity contribution in [2.24, 2.45) is 0 Å². The molecule has 0 radical (unpaired) electrons. The lowest BCUT2D eigenvalue weighted by Crippen LogP contribution is -1.90. The van der Waals surface area contributed by atoms with Gasteiger partial charge in [0.25, 0.3) is 6.47 Å². The molecule has 140 valence electrons. The fraction of sp³-hybridized carbons (Fsp3) is 0.182. The normalized spacial score (nSPS) is 9.74. The molecule has 0 saturated heterocycles. The standard InChI is InChI=1S/C14H16N2O.C8H8O2/c1-9(2)11-5-7-12(8-6-11)14-13(15-4)10(3)16-17-14;9-7-10-6-8-4-2-1-3-5-8/h5-8,15H,1H2,2-4H3;1-5,7H,6H2. The van der Waals surface area contributed by atoms with Crippen LogP contribution in [-0.4, -0.2) is 18.7 Å². The highest BCUT2D eigenvalue weighted by molar-refractivity contribution is 5.75. The lowest BCUT2D eigenvalue weighted by atomic mass is 10.0. The van der Waals surface area contributed by atoms with Crippen LogP contribution in [0.1, 0.15) is 23.7 Å². The number of rotatable bonds is 6. The second kappa shape index (κ2) is 9.97. The van der Waals surface area contributed by atoms with E-state index in [2.05, 4.69) is 21.8 Å². The van der Waals surface area contributed by atoms with Gasteiger partial charge >= 0.3 is 0 Å². The Labute approximate surface area is 159 Å². The number of hydrogen-bond acceptors (Lipinski definition) is 5. The summed E-state index contributed by atoms with van der Waals surface area (Å²) in [5.74, 6) is 0.776. The van der Waals surface area contributed by atoms with Crippen molar-refractivity contribution in [2.75, 3.05) is 12.4 Å². The van der Waals surface area contributed by atoms with Crippen LogP contribution in [0.4, 0.5) is 5.69 Å². The molecular formula is C22H24N2O3. The monoisotopic (exact) mass is 364 g/mol. The van der Waals surface area contributed by atoms with Crippen molar-refractivity contribution in [3.63, 3.8) is 0 Å². The zero-order chi connectivity index (χ0) is 19.6. The van der Waals surface area contributed by atoms with Crippen molar-refractivity contribution in [3.8, 4) is 11.3 Å². The van der Waals surface area contributed by atoms with Gasteiger partial charge < -0.3 is 14.6 Å². The number of carbonyl (C=O) groups excluding carboxylic acids is 1. The van der Waals surface area contributed by atoms with Gasteiger partial charge in [0, 0.05) is 12.6 Å². The van der Waals surface area contributed by atoms with Gasteiger partial charge in [-0.3, -0.25) is 4.79 Å². The van der Waals surface area contributed by atoms with Crippen LogP contribution >= 0.6 is 0 Å². The Morgan fingerprint density at radius 1 is 1.19 bits per heavy atom. The molecule has 3 rings (SSSR count). The van der Waals surface area contributed by atoms with E-state index in [9.17, 15) is 4.79 Å². The number of anilines is 1. The third kappa shape index (κ3) is 5.57. The number of carbonyl (C=O) groups is 1. The van der Waals surface area contributed by atoms with Crippen LogP contribution in [-0.2, 0) is 16.1 Å². The first kappa shape index (κ1) is 20.0. The maximum Gasteiger partial charge on any atom is 0.293 e. The first-order chi connectivity index (χ1) is 13.1. The summed E-state index contributed by atoms with van der Waals surface area (Å²) in [6.45, 7) is 8.64. The Morgan fingerprint density at radius 2 is 1.85 bits per heavy atom. The minimum absolute atomic E-state index is 0.365. The zero-order valence-electron chi connectivity index (χ0n) is 15.9. The highest BCUT2D eigenvalue weighted by atomic mass is 16.5. The molecule has 3 aromatic rings. The van der Waals surface area contributed by atoms with Crippen LogP contribution in [0.25, 0.3) is 16.9 Å². The summed E-state index contributed by atoms with van der Waals surface area (Å²) in [5, 5.41) is 7.07. The molecule has 0 spiro atoms. The number of ether oxygens (including phenoxy) is 1. The topological polar surface area (TPSA) is 64.4 Å². The van der Waals surface area contributed by atoms with Gasteiger partial charge in [-0.25, -0.2) is 0 Å².